The Bertz CT molecular complexity index is 1910. The van der Waals surface area contributed by atoms with Gasteiger partial charge in [0, 0.05) is 31.3 Å². The van der Waals surface area contributed by atoms with Crippen LogP contribution in [0.5, 0.6) is 0 Å². The minimum absolute atomic E-state index is 0.185. The van der Waals surface area contributed by atoms with Crippen LogP contribution < -0.4 is 0 Å². The van der Waals surface area contributed by atoms with Crippen LogP contribution in [0.1, 0.15) is 50.7 Å². The SMILES string of the molecule is CSc1sc2cc(C(C)C)cc(S(=O)(=O)c3cc(C(C)C)cc4sc(SC)c(-c5ccccc5)c34)c2c1-c1ccccc1. The molecule has 220 valence electrons. The molecule has 6 aromatic rings. The summed E-state index contributed by atoms with van der Waals surface area (Å²) in [7, 11) is -3.96. The molecule has 0 atom stereocenters. The number of hydrogen-bond acceptors (Lipinski definition) is 6. The molecule has 0 saturated heterocycles. The van der Waals surface area contributed by atoms with Crippen LogP contribution in [0.2, 0.25) is 0 Å². The van der Waals surface area contributed by atoms with Crippen molar-refractivity contribution in [3.63, 3.8) is 0 Å². The molecule has 2 aromatic heterocycles. The molecule has 0 bridgehead atoms. The summed E-state index contributed by atoms with van der Waals surface area (Å²) in [5, 5.41) is 1.66. The van der Waals surface area contributed by atoms with E-state index in [2.05, 4.69) is 76.6 Å². The second kappa shape index (κ2) is 12.1. The molecule has 0 saturated carbocycles. The van der Waals surface area contributed by atoms with Gasteiger partial charge in [-0.2, -0.15) is 0 Å². The Kier molecular flexibility index (Phi) is 8.57. The van der Waals surface area contributed by atoms with Crippen molar-refractivity contribution in [1.82, 2.24) is 0 Å². The van der Waals surface area contributed by atoms with Crippen molar-refractivity contribution in [2.75, 3.05) is 12.5 Å². The highest BCUT2D eigenvalue weighted by molar-refractivity contribution is 8.01. The van der Waals surface area contributed by atoms with Crippen LogP contribution in [0, 0.1) is 0 Å². The van der Waals surface area contributed by atoms with Crippen molar-refractivity contribution in [1.29, 1.82) is 0 Å². The highest BCUT2D eigenvalue weighted by atomic mass is 32.2. The van der Waals surface area contributed by atoms with Gasteiger partial charge in [-0.15, -0.1) is 46.2 Å². The molecule has 0 aliphatic rings. The van der Waals surface area contributed by atoms with E-state index in [9.17, 15) is 0 Å². The van der Waals surface area contributed by atoms with Gasteiger partial charge < -0.3 is 0 Å². The topological polar surface area (TPSA) is 34.1 Å². The second-order valence-corrected chi connectivity index (χ2v) is 17.4. The van der Waals surface area contributed by atoms with E-state index < -0.39 is 9.84 Å². The molecule has 0 spiro atoms. The Morgan fingerprint density at radius 2 is 0.953 bits per heavy atom. The van der Waals surface area contributed by atoms with E-state index in [0.717, 1.165) is 62.0 Å². The van der Waals surface area contributed by atoms with Gasteiger partial charge >= 0.3 is 0 Å². The first-order valence-corrected chi connectivity index (χ1v) is 19.9. The molecule has 0 fully saturated rings. The average molecular weight is 659 g/mol. The van der Waals surface area contributed by atoms with Gasteiger partial charge in [-0.3, -0.25) is 0 Å². The van der Waals surface area contributed by atoms with E-state index in [1.807, 2.05) is 48.5 Å². The molecule has 0 aliphatic heterocycles. The fourth-order valence-electron chi connectivity index (χ4n) is 5.61. The van der Waals surface area contributed by atoms with Gasteiger partial charge in [-0.05, 0) is 70.9 Å². The number of thiophene rings is 2. The first-order valence-electron chi connectivity index (χ1n) is 14.3. The Morgan fingerprint density at radius 1 is 0.581 bits per heavy atom. The van der Waals surface area contributed by atoms with Gasteiger partial charge in [0.05, 0.1) is 18.2 Å². The largest absolute Gasteiger partial charge is 0.218 e. The quantitative estimate of drug-likeness (QED) is 0.152. The van der Waals surface area contributed by atoms with Crippen molar-refractivity contribution >= 4 is 76.2 Å². The zero-order valence-corrected chi connectivity index (χ0v) is 29.2. The lowest BCUT2D eigenvalue weighted by molar-refractivity contribution is 0.597. The molecule has 0 aliphatic carbocycles. The molecular formula is C36H34O2S5. The molecule has 0 radical (unpaired) electrons. The third-order valence-electron chi connectivity index (χ3n) is 7.90. The van der Waals surface area contributed by atoms with Crippen LogP contribution in [0.15, 0.2) is 103 Å². The van der Waals surface area contributed by atoms with Gasteiger partial charge in [0.2, 0.25) is 9.84 Å². The van der Waals surface area contributed by atoms with E-state index in [1.165, 1.54) is 0 Å². The molecule has 0 amide bonds. The Labute approximate surface area is 271 Å². The lowest BCUT2D eigenvalue weighted by atomic mass is 9.99. The molecule has 0 N–H and O–H groups in total. The van der Waals surface area contributed by atoms with Crippen molar-refractivity contribution < 1.29 is 8.42 Å². The maximum absolute atomic E-state index is 15.4. The number of thioether (sulfide) groups is 2. The molecular weight excluding hydrogens is 625 g/mol. The third-order valence-corrected chi connectivity index (χ3v) is 14.2. The molecule has 4 aromatic carbocycles. The molecule has 6 rings (SSSR count). The number of fused-ring (bicyclic) bond motifs is 2. The van der Waals surface area contributed by atoms with E-state index in [-0.39, 0.29) is 11.8 Å². The number of hydrogen-bond donors (Lipinski definition) is 0. The lowest BCUT2D eigenvalue weighted by Gasteiger charge is -2.16. The van der Waals surface area contributed by atoms with Gasteiger partial charge in [0.15, 0.2) is 0 Å². The predicted molar refractivity (Wildman–Crippen MR) is 192 cm³/mol. The van der Waals surface area contributed by atoms with Crippen LogP contribution in [0.3, 0.4) is 0 Å². The summed E-state index contributed by atoms with van der Waals surface area (Å²) in [5.41, 5.74) is 6.17. The van der Waals surface area contributed by atoms with Crippen molar-refractivity contribution in [3.8, 4) is 22.3 Å². The first-order chi connectivity index (χ1) is 20.6. The average Bonchev–Trinajstić information content (AvgIpc) is 3.59. The summed E-state index contributed by atoms with van der Waals surface area (Å²) in [6.45, 7) is 8.53. The summed E-state index contributed by atoms with van der Waals surface area (Å²) in [5.74, 6) is 0.369. The van der Waals surface area contributed by atoms with Crippen LogP contribution in [-0.2, 0) is 9.84 Å². The standard InChI is InChI=1S/C36H34O2S5/c1-21(2)25-17-27-33(31(35(39-5)41-27)23-13-9-7-10-14-23)29(19-25)43(37,38)30-20-26(22(3)4)18-28-34(30)32(36(40-6)42-28)24-15-11-8-12-16-24/h7-22H,1-6H3. The summed E-state index contributed by atoms with van der Waals surface area (Å²) >= 11 is 6.75. The lowest BCUT2D eigenvalue weighted by Crippen LogP contribution is -2.06. The monoisotopic (exact) mass is 658 g/mol. The highest BCUT2D eigenvalue weighted by Crippen LogP contribution is 2.51. The second-order valence-electron chi connectivity index (χ2n) is 11.3. The van der Waals surface area contributed by atoms with Gasteiger partial charge in [0.25, 0.3) is 0 Å². The summed E-state index contributed by atoms with van der Waals surface area (Å²) in [6.07, 6.45) is 4.15. The number of sulfone groups is 1. The number of benzene rings is 4. The number of rotatable bonds is 8. The maximum Gasteiger partial charge on any atom is 0.207 e. The van der Waals surface area contributed by atoms with E-state index in [0.29, 0.717) is 9.79 Å². The van der Waals surface area contributed by atoms with Crippen molar-refractivity contribution in [2.24, 2.45) is 0 Å². The zero-order chi connectivity index (χ0) is 30.5. The van der Waals surface area contributed by atoms with E-state index >= 15 is 8.42 Å². The summed E-state index contributed by atoms with van der Waals surface area (Å²) in [4.78, 5) is 0.810. The van der Waals surface area contributed by atoms with Gasteiger partial charge in [-0.25, -0.2) is 8.42 Å². The third kappa shape index (κ3) is 5.38. The molecule has 7 heteroatoms. The van der Waals surface area contributed by atoms with Crippen LogP contribution in [-0.4, -0.2) is 20.9 Å². The van der Waals surface area contributed by atoms with E-state index in [4.69, 9.17) is 0 Å². The fraction of sp³-hybridized carbons (Fsp3) is 0.222. The normalized spacial score (nSPS) is 12.3. The van der Waals surface area contributed by atoms with Crippen molar-refractivity contribution in [2.45, 2.75) is 57.7 Å². The Balaban J connectivity index is 1.77. The first kappa shape index (κ1) is 30.5. The fourth-order valence-corrected chi connectivity index (χ4v) is 11.6. The maximum atomic E-state index is 15.4. The molecule has 43 heavy (non-hydrogen) atoms. The van der Waals surface area contributed by atoms with Crippen molar-refractivity contribution in [3.05, 3.63) is 96.1 Å². The molecule has 0 unspecified atom stereocenters. The zero-order valence-electron chi connectivity index (χ0n) is 25.1. The summed E-state index contributed by atoms with van der Waals surface area (Å²) in [6, 6.07) is 28.7. The minimum atomic E-state index is -3.96. The smallest absolute Gasteiger partial charge is 0.207 e. The van der Waals surface area contributed by atoms with Crippen LogP contribution >= 0.6 is 46.2 Å². The molecule has 2 heterocycles. The minimum Gasteiger partial charge on any atom is -0.218 e. The Hall–Kier alpha value is -2.55. The molecule has 2 nitrogen and oxygen atoms in total. The summed E-state index contributed by atoms with van der Waals surface area (Å²) < 4.78 is 35.0. The van der Waals surface area contributed by atoms with E-state index in [1.54, 1.807) is 46.2 Å². The van der Waals surface area contributed by atoms with Crippen LogP contribution in [0.4, 0.5) is 0 Å². The van der Waals surface area contributed by atoms with Gasteiger partial charge in [0.1, 0.15) is 0 Å². The Morgan fingerprint density at radius 3 is 1.28 bits per heavy atom. The predicted octanol–water partition coefficient (Wildman–Crippen LogP) is 12.0. The highest BCUT2D eigenvalue weighted by Gasteiger charge is 2.31. The van der Waals surface area contributed by atoms with Crippen LogP contribution in [0.25, 0.3) is 42.4 Å². The van der Waals surface area contributed by atoms with Gasteiger partial charge in [-0.1, -0.05) is 88.4 Å².